The Morgan fingerprint density at radius 1 is 1.20 bits per heavy atom. The average molecular weight is 405 g/mol. The Balaban J connectivity index is 2.41. The van der Waals surface area contributed by atoms with Crippen LogP contribution in [0.5, 0.6) is 0 Å². The Labute approximate surface area is 128 Å². The summed E-state index contributed by atoms with van der Waals surface area (Å²) in [5.74, 6) is 0.101. The van der Waals surface area contributed by atoms with Crippen molar-refractivity contribution in [2.24, 2.45) is 0 Å². The van der Waals surface area contributed by atoms with E-state index in [-0.39, 0.29) is 5.82 Å². The molecule has 1 aromatic carbocycles. The number of benzene rings is 1. The van der Waals surface area contributed by atoms with Crippen molar-refractivity contribution in [3.05, 3.63) is 56.3 Å². The van der Waals surface area contributed by atoms with Gasteiger partial charge in [0.05, 0.1) is 4.92 Å². The van der Waals surface area contributed by atoms with Gasteiger partial charge in [0.1, 0.15) is 5.82 Å². The molecule has 9 heteroatoms. The van der Waals surface area contributed by atoms with Crippen LogP contribution < -0.4 is 4.72 Å². The van der Waals surface area contributed by atoms with Crippen LogP contribution in [0, 0.1) is 13.7 Å². The maximum absolute atomic E-state index is 12.2. The van der Waals surface area contributed by atoms with Gasteiger partial charge in [-0.3, -0.25) is 14.8 Å². The number of nitrogens with zero attached hydrogens (tertiary/aromatic N) is 2. The number of para-hydroxylation sites is 1. The van der Waals surface area contributed by atoms with Crippen molar-refractivity contribution < 1.29 is 13.3 Å². The number of rotatable bonds is 4. The highest BCUT2D eigenvalue weighted by molar-refractivity contribution is 14.1. The van der Waals surface area contributed by atoms with Gasteiger partial charge in [-0.25, -0.2) is 13.4 Å². The van der Waals surface area contributed by atoms with E-state index in [0.717, 1.165) is 9.64 Å². The van der Waals surface area contributed by atoms with Gasteiger partial charge in [0.2, 0.25) is 0 Å². The molecule has 0 amide bonds. The van der Waals surface area contributed by atoms with Gasteiger partial charge in [0, 0.05) is 15.8 Å². The molecule has 0 fully saturated rings. The first-order chi connectivity index (χ1) is 9.40. The SMILES string of the molecule is O=[N+]([O-])c1ccccc1S(=O)(=O)Nc1ccc(I)cn1. The van der Waals surface area contributed by atoms with Crippen LogP contribution in [0.25, 0.3) is 0 Å². The second kappa shape index (κ2) is 5.71. The van der Waals surface area contributed by atoms with E-state index < -0.39 is 25.5 Å². The summed E-state index contributed by atoms with van der Waals surface area (Å²) in [5, 5.41) is 10.9. The Hall–Kier alpha value is -1.75. The van der Waals surface area contributed by atoms with Gasteiger partial charge in [-0.2, -0.15) is 0 Å². The lowest BCUT2D eigenvalue weighted by Gasteiger charge is -2.07. The number of nitro benzene ring substituents is 1. The number of aromatic nitrogens is 1. The monoisotopic (exact) mass is 405 g/mol. The highest BCUT2D eigenvalue weighted by Crippen LogP contribution is 2.24. The van der Waals surface area contributed by atoms with Gasteiger partial charge in [-0.1, -0.05) is 12.1 Å². The number of anilines is 1. The molecule has 20 heavy (non-hydrogen) atoms. The normalized spacial score (nSPS) is 11.1. The first-order valence-corrected chi connectivity index (χ1v) is 7.84. The van der Waals surface area contributed by atoms with Crippen molar-refractivity contribution in [1.82, 2.24) is 4.98 Å². The zero-order chi connectivity index (χ0) is 14.8. The summed E-state index contributed by atoms with van der Waals surface area (Å²) in [4.78, 5) is 13.6. The number of halogens is 1. The molecular formula is C11H8IN3O4S. The molecule has 7 nitrogen and oxygen atoms in total. The van der Waals surface area contributed by atoms with Crippen LogP contribution in [0.4, 0.5) is 11.5 Å². The van der Waals surface area contributed by atoms with Gasteiger partial charge in [-0.15, -0.1) is 0 Å². The highest BCUT2D eigenvalue weighted by atomic mass is 127. The third kappa shape index (κ3) is 3.22. The molecule has 0 bridgehead atoms. The molecule has 0 aliphatic rings. The summed E-state index contributed by atoms with van der Waals surface area (Å²) in [7, 11) is -4.06. The molecule has 0 radical (unpaired) electrons. The van der Waals surface area contributed by atoms with Gasteiger partial charge >= 0.3 is 0 Å². The minimum atomic E-state index is -4.06. The summed E-state index contributed by atoms with van der Waals surface area (Å²) < 4.78 is 27.4. The maximum atomic E-state index is 12.2. The summed E-state index contributed by atoms with van der Waals surface area (Å²) in [5.41, 5.74) is -0.481. The predicted molar refractivity (Wildman–Crippen MR) is 80.9 cm³/mol. The van der Waals surface area contributed by atoms with Gasteiger partial charge < -0.3 is 0 Å². The molecule has 0 atom stereocenters. The zero-order valence-corrected chi connectivity index (χ0v) is 12.8. The van der Waals surface area contributed by atoms with Crippen molar-refractivity contribution >= 4 is 44.1 Å². The lowest BCUT2D eigenvalue weighted by atomic mass is 10.3. The second-order valence-corrected chi connectivity index (χ2v) is 6.59. The molecule has 0 aliphatic carbocycles. The van der Waals surface area contributed by atoms with E-state index in [2.05, 4.69) is 9.71 Å². The fourth-order valence-corrected chi connectivity index (χ4v) is 2.96. The number of nitro groups is 1. The van der Waals surface area contributed by atoms with Crippen LogP contribution in [0.2, 0.25) is 0 Å². The smallest absolute Gasteiger partial charge is 0.263 e. The zero-order valence-electron chi connectivity index (χ0n) is 9.86. The topological polar surface area (TPSA) is 102 Å². The largest absolute Gasteiger partial charge is 0.289 e. The minimum Gasteiger partial charge on any atom is -0.263 e. The molecule has 1 aromatic heterocycles. The molecule has 0 aliphatic heterocycles. The lowest BCUT2D eigenvalue weighted by Crippen LogP contribution is -2.15. The summed E-state index contributed by atoms with van der Waals surface area (Å²) >= 11 is 2.03. The van der Waals surface area contributed by atoms with E-state index in [1.165, 1.54) is 30.5 Å². The quantitative estimate of drug-likeness (QED) is 0.478. The first kappa shape index (κ1) is 14.7. The van der Waals surface area contributed by atoms with Crippen LogP contribution in [-0.2, 0) is 10.0 Å². The molecular weight excluding hydrogens is 397 g/mol. The van der Waals surface area contributed by atoms with E-state index in [9.17, 15) is 18.5 Å². The molecule has 0 saturated heterocycles. The van der Waals surface area contributed by atoms with Gasteiger partial charge in [0.15, 0.2) is 4.90 Å². The van der Waals surface area contributed by atoms with Crippen LogP contribution in [-0.4, -0.2) is 18.3 Å². The molecule has 0 unspecified atom stereocenters. The van der Waals surface area contributed by atoms with E-state index in [1.54, 1.807) is 6.07 Å². The summed E-state index contributed by atoms with van der Waals surface area (Å²) in [6, 6.07) is 8.28. The number of hydrogen-bond donors (Lipinski definition) is 1. The Morgan fingerprint density at radius 3 is 2.50 bits per heavy atom. The number of nitrogens with one attached hydrogen (secondary N) is 1. The summed E-state index contributed by atoms with van der Waals surface area (Å²) in [6.45, 7) is 0. The van der Waals surface area contributed by atoms with Crippen molar-refractivity contribution in [3.8, 4) is 0 Å². The van der Waals surface area contributed by atoms with Crippen molar-refractivity contribution in [2.45, 2.75) is 4.90 Å². The predicted octanol–water partition coefficient (Wildman–Crippen LogP) is 2.40. The summed E-state index contributed by atoms with van der Waals surface area (Å²) in [6.07, 6.45) is 1.48. The highest BCUT2D eigenvalue weighted by Gasteiger charge is 2.25. The minimum absolute atomic E-state index is 0.101. The average Bonchev–Trinajstić information content (AvgIpc) is 2.41. The Kier molecular flexibility index (Phi) is 4.18. The van der Waals surface area contributed by atoms with E-state index in [0.29, 0.717) is 0 Å². The number of sulfonamides is 1. The number of hydrogen-bond acceptors (Lipinski definition) is 5. The van der Waals surface area contributed by atoms with Crippen LogP contribution in [0.15, 0.2) is 47.5 Å². The van der Waals surface area contributed by atoms with E-state index in [1.807, 2.05) is 22.6 Å². The molecule has 2 rings (SSSR count). The molecule has 104 valence electrons. The molecule has 1 heterocycles. The Bertz CT molecular complexity index is 747. The van der Waals surface area contributed by atoms with Gasteiger partial charge in [-0.05, 0) is 40.8 Å². The molecule has 2 aromatic rings. The van der Waals surface area contributed by atoms with Gasteiger partial charge in [0.25, 0.3) is 15.7 Å². The fourth-order valence-electron chi connectivity index (χ4n) is 1.46. The standard InChI is InChI=1S/C11H8IN3O4S/c12-8-5-6-11(13-7-8)14-20(18,19)10-4-2-1-3-9(10)15(16)17/h1-7H,(H,13,14). The van der Waals surface area contributed by atoms with Crippen LogP contribution in [0.1, 0.15) is 0 Å². The maximum Gasteiger partial charge on any atom is 0.289 e. The first-order valence-electron chi connectivity index (χ1n) is 5.28. The Morgan fingerprint density at radius 2 is 1.90 bits per heavy atom. The lowest BCUT2D eigenvalue weighted by molar-refractivity contribution is -0.387. The van der Waals surface area contributed by atoms with Crippen molar-refractivity contribution in [3.63, 3.8) is 0 Å². The fraction of sp³-hybridized carbons (Fsp3) is 0. The molecule has 1 N–H and O–H groups in total. The van der Waals surface area contributed by atoms with Crippen LogP contribution >= 0.6 is 22.6 Å². The van der Waals surface area contributed by atoms with E-state index >= 15 is 0 Å². The van der Waals surface area contributed by atoms with Crippen molar-refractivity contribution in [1.29, 1.82) is 0 Å². The molecule has 0 saturated carbocycles. The second-order valence-electron chi connectivity index (χ2n) is 3.69. The molecule has 0 spiro atoms. The van der Waals surface area contributed by atoms with Crippen LogP contribution in [0.3, 0.4) is 0 Å². The number of pyridine rings is 1. The third-order valence-electron chi connectivity index (χ3n) is 2.32. The van der Waals surface area contributed by atoms with E-state index in [4.69, 9.17) is 0 Å². The van der Waals surface area contributed by atoms with Crippen molar-refractivity contribution in [2.75, 3.05) is 4.72 Å². The third-order valence-corrected chi connectivity index (χ3v) is 4.36.